The average Bonchev–Trinajstić information content (AvgIpc) is 0.734. The van der Waals surface area contributed by atoms with Crippen LogP contribution in [0.4, 0.5) is 0 Å². The lowest BCUT2D eigenvalue weighted by Crippen LogP contribution is -2.61. The molecule has 12 aliphatic carbocycles. The molecule has 0 amide bonds. The summed E-state index contributed by atoms with van der Waals surface area (Å²) in [5, 5.41) is 10.3. The molecule has 1 aromatic rings. The van der Waals surface area contributed by atoms with Gasteiger partial charge in [-0.15, -0.1) is 0 Å². The van der Waals surface area contributed by atoms with Crippen LogP contribution in [-0.4, -0.2) is 502 Å². The minimum absolute atomic E-state index is 0.0538. The molecule has 6 unspecified atom stereocenters. The molecule has 0 radical (unpaired) electrons. The predicted octanol–water partition coefficient (Wildman–Crippen LogP) is 8.28. The first kappa shape index (κ1) is 125. The van der Waals surface area contributed by atoms with E-state index in [2.05, 4.69) is 0 Å². The molecule has 1 aromatic carbocycles. The molecular formula is C106H186O41. The smallest absolute Gasteiger partial charge is 0.335 e. The summed E-state index contributed by atoms with van der Waals surface area (Å²) in [6.45, 7) is 29.7. The summed E-state index contributed by atoms with van der Waals surface area (Å²) in [4.78, 5) is 12.6. The Bertz CT molecular complexity index is 3160. The van der Waals surface area contributed by atoms with Crippen LogP contribution in [0, 0.1) is 35.5 Å². The average molecular weight is 2120 g/mol. The third-order valence-corrected chi connectivity index (χ3v) is 27.5. The first-order valence-corrected chi connectivity index (χ1v) is 54.7. The second-order valence-corrected chi connectivity index (χ2v) is 39.2. The lowest BCUT2D eigenvalue weighted by Gasteiger charge is -2.61. The number of benzene rings is 1. The number of carboxylic acids is 1. The molecule has 147 heavy (non-hydrogen) atoms. The van der Waals surface area contributed by atoms with Gasteiger partial charge in [0.15, 0.2) is 11.5 Å². The standard InChI is InChI=1S/C106H186O41/c1-109-4-7-112-10-13-115-16-19-118-22-25-121-28-31-124-37-46-133-55-64-142-101-75-90-70-91(76-101)82-104(81-90,87-101)145-67-58-136-49-40-127-34-43-130-52-61-139-97-73-96(100(107)108)74-98(140-62-53-131-44-35-128-41-50-137-59-68-146-105-83-92-71-93(84-105)78-102(77-92,88-105)143-65-56-134-47-38-125-32-29-122-26-23-119-20-17-116-14-11-113-8-5-110-2)99(97)141-63-54-132-45-36-129-42-51-138-60-69-147-106-85-94-72-95(86-106)80-103(79-94,89-106)144-66-57-135-48-39-126-33-30-123-27-24-120-21-18-117-15-12-114-9-6-111-3/h73-74,90-95H,4-72,75-89H2,1-3H3,(H,107,108). The zero-order valence-electron chi connectivity index (χ0n) is 89.3. The second kappa shape index (κ2) is 78.7. The van der Waals surface area contributed by atoms with Crippen molar-refractivity contribution in [2.75, 3.05) is 457 Å². The topological polar surface area (TPSA) is 397 Å². The summed E-state index contributed by atoms with van der Waals surface area (Å²) in [7, 11) is 4.94. The van der Waals surface area contributed by atoms with Crippen LogP contribution in [0.3, 0.4) is 0 Å². The number of carboxylic acid groups (broad SMARTS) is 1. The maximum Gasteiger partial charge on any atom is 0.335 e. The number of methoxy groups -OCH3 is 3. The van der Waals surface area contributed by atoms with Crippen molar-refractivity contribution in [1.29, 1.82) is 0 Å². The van der Waals surface area contributed by atoms with E-state index in [9.17, 15) is 9.90 Å². The highest BCUT2D eigenvalue weighted by Gasteiger charge is 2.62. The summed E-state index contributed by atoms with van der Waals surface area (Å²) in [6.07, 6.45) is 19.3. The minimum atomic E-state index is -1.17. The maximum atomic E-state index is 12.6. The first-order valence-electron chi connectivity index (χ1n) is 54.7. The predicted molar refractivity (Wildman–Crippen MR) is 534 cm³/mol. The van der Waals surface area contributed by atoms with Gasteiger partial charge >= 0.3 is 5.97 Å². The van der Waals surface area contributed by atoms with Gasteiger partial charge in [0.25, 0.3) is 0 Å². The van der Waals surface area contributed by atoms with Crippen molar-refractivity contribution < 1.29 is 195 Å². The summed E-state index contributed by atoms with van der Waals surface area (Å²) >= 11 is 0. The highest BCUT2D eigenvalue weighted by molar-refractivity contribution is 5.89. The van der Waals surface area contributed by atoms with Gasteiger partial charge in [0.05, 0.1) is 455 Å². The monoisotopic (exact) mass is 2120 g/mol. The molecule has 41 heteroatoms. The molecule has 0 heterocycles. The largest absolute Gasteiger partial charge is 0.487 e. The van der Waals surface area contributed by atoms with Gasteiger partial charge < -0.3 is 190 Å². The van der Waals surface area contributed by atoms with E-state index in [1.807, 2.05) is 0 Å². The quantitative estimate of drug-likeness (QED) is 0.0599. The number of hydrogen-bond donors (Lipinski definition) is 1. The van der Waals surface area contributed by atoms with Crippen molar-refractivity contribution in [3.63, 3.8) is 0 Å². The summed E-state index contributed by atoms with van der Waals surface area (Å²) in [5.41, 5.74) is -1.14. The van der Waals surface area contributed by atoms with Crippen LogP contribution in [0.5, 0.6) is 17.2 Å². The third kappa shape index (κ3) is 53.5. The molecule has 6 atom stereocenters. The molecule has 12 bridgehead atoms. The van der Waals surface area contributed by atoms with Crippen LogP contribution in [0.1, 0.15) is 126 Å². The van der Waals surface area contributed by atoms with Crippen molar-refractivity contribution in [2.45, 2.75) is 149 Å². The van der Waals surface area contributed by atoms with Crippen LogP contribution >= 0.6 is 0 Å². The van der Waals surface area contributed by atoms with E-state index in [-0.39, 0.29) is 96.1 Å². The normalized spacial score (nSPS) is 24.5. The van der Waals surface area contributed by atoms with Gasteiger partial charge in [-0.3, -0.25) is 0 Å². The van der Waals surface area contributed by atoms with E-state index >= 15 is 0 Å². The Morgan fingerprint density at radius 2 is 0.327 bits per heavy atom. The molecule has 12 fully saturated rings. The van der Waals surface area contributed by atoms with Gasteiger partial charge in [0, 0.05) is 40.6 Å². The Morgan fingerprint density at radius 1 is 0.197 bits per heavy atom. The van der Waals surface area contributed by atoms with E-state index in [0.717, 1.165) is 96.3 Å². The van der Waals surface area contributed by atoms with Crippen molar-refractivity contribution in [3.8, 4) is 17.2 Å². The molecule has 12 saturated carbocycles. The number of carbonyl (C=O) groups is 1. The van der Waals surface area contributed by atoms with Gasteiger partial charge in [-0.25, -0.2) is 4.79 Å². The molecule has 12 aliphatic rings. The number of ether oxygens (including phenoxy) is 39. The van der Waals surface area contributed by atoms with Crippen LogP contribution in [0.15, 0.2) is 12.1 Å². The molecule has 1 N–H and O–H groups in total. The highest BCUT2D eigenvalue weighted by atomic mass is 16.6. The second-order valence-electron chi connectivity index (χ2n) is 39.2. The summed E-state index contributed by atoms with van der Waals surface area (Å²) in [6, 6.07) is 2.83. The Kier molecular flexibility index (Phi) is 67.2. The SMILES string of the molecule is COCCOCCOCCOCCOCCOCCOCCOC12CC3CC(C1)CC(OCCOCCOCCOCCOc1cc(C(=O)O)cc(OCCOCCOCCOCCOC45CC6CC(CC(OCCOCCOCCOCCOCCOCCOCCOC)(C6)C4)C5)c1OCCOCCOCCOCCOC14CC5CC(CC(OCCOCCOCCOCCOCCOCCOCCOC)(C5)C1)C4)(C3)C2. The summed E-state index contributed by atoms with van der Waals surface area (Å²) in [5.74, 6) is 2.97. The third-order valence-electron chi connectivity index (χ3n) is 27.5. The van der Waals surface area contributed by atoms with Crippen molar-refractivity contribution in [3.05, 3.63) is 17.7 Å². The van der Waals surface area contributed by atoms with Gasteiger partial charge in [-0.05, 0) is 144 Å². The molecule has 13 rings (SSSR count). The van der Waals surface area contributed by atoms with Crippen LogP contribution in [-0.2, 0) is 171 Å². The fraction of sp³-hybridized carbons (Fsp3) is 0.934. The van der Waals surface area contributed by atoms with Crippen molar-refractivity contribution >= 4 is 5.97 Å². The highest BCUT2D eigenvalue weighted by Crippen LogP contribution is 2.63. The van der Waals surface area contributed by atoms with E-state index in [1.165, 1.54) is 31.4 Å². The van der Waals surface area contributed by atoms with Crippen LogP contribution in [0.25, 0.3) is 0 Å². The van der Waals surface area contributed by atoms with E-state index in [0.29, 0.717) is 432 Å². The maximum absolute atomic E-state index is 12.6. The molecule has 41 nitrogen and oxygen atoms in total. The van der Waals surface area contributed by atoms with Crippen LogP contribution in [0.2, 0.25) is 0 Å². The minimum Gasteiger partial charge on any atom is -0.487 e. The van der Waals surface area contributed by atoms with Gasteiger partial charge in [0.2, 0.25) is 5.75 Å². The Morgan fingerprint density at radius 3 is 0.469 bits per heavy atom. The van der Waals surface area contributed by atoms with Gasteiger partial charge in [-0.1, -0.05) is 0 Å². The fourth-order valence-electron chi connectivity index (χ4n) is 22.5. The lowest BCUT2D eigenvalue weighted by atomic mass is 9.52. The van der Waals surface area contributed by atoms with Crippen molar-refractivity contribution in [1.82, 2.24) is 0 Å². The van der Waals surface area contributed by atoms with Gasteiger partial charge in [-0.2, -0.15) is 0 Å². The van der Waals surface area contributed by atoms with E-state index in [1.54, 1.807) is 21.3 Å². The fourth-order valence-corrected chi connectivity index (χ4v) is 22.5. The number of hydrogen-bond acceptors (Lipinski definition) is 40. The number of aromatic carboxylic acids is 1. The zero-order chi connectivity index (χ0) is 103. The number of rotatable bonds is 109. The van der Waals surface area contributed by atoms with Gasteiger partial charge in [0.1, 0.15) is 19.8 Å². The molecule has 856 valence electrons. The Labute approximate surface area is 873 Å². The summed E-state index contributed by atoms with van der Waals surface area (Å²) < 4.78 is 228. The zero-order valence-corrected chi connectivity index (χ0v) is 89.3. The van der Waals surface area contributed by atoms with Crippen molar-refractivity contribution in [2.24, 2.45) is 35.5 Å². The van der Waals surface area contributed by atoms with E-state index < -0.39 is 5.97 Å². The van der Waals surface area contributed by atoms with Crippen LogP contribution < -0.4 is 14.2 Å². The Hall–Kier alpha value is -3.35. The first-order chi connectivity index (χ1) is 72.5. The van der Waals surface area contributed by atoms with E-state index in [4.69, 9.17) is 185 Å². The molecule has 0 aromatic heterocycles. The molecule has 0 saturated heterocycles. The molecule has 0 spiro atoms. The Balaban J connectivity index is 0.552. The molecular weight excluding hydrogens is 1930 g/mol. The molecule has 0 aliphatic heterocycles. The lowest BCUT2D eigenvalue weighted by molar-refractivity contribution is -0.242.